The van der Waals surface area contributed by atoms with E-state index in [0.717, 1.165) is 23.9 Å². The Morgan fingerprint density at radius 1 is 1.15 bits per heavy atom. The van der Waals surface area contributed by atoms with Crippen molar-refractivity contribution in [3.8, 4) is 0 Å². The molecule has 2 N–H and O–H groups in total. The van der Waals surface area contributed by atoms with Crippen molar-refractivity contribution in [1.82, 2.24) is 4.90 Å². The number of quaternary nitrogens is 1. The van der Waals surface area contributed by atoms with Gasteiger partial charge in [-0.1, -0.05) is 12.1 Å². The molecule has 1 aliphatic rings. The number of benzene rings is 1. The van der Waals surface area contributed by atoms with E-state index in [2.05, 4.69) is 59.8 Å². The van der Waals surface area contributed by atoms with E-state index in [9.17, 15) is 0 Å². The van der Waals surface area contributed by atoms with E-state index in [1.165, 1.54) is 61.3 Å². The smallest absolute Gasteiger partial charge is 0.173 e. The Labute approximate surface area is 173 Å². The van der Waals surface area contributed by atoms with Gasteiger partial charge in [-0.2, -0.15) is 0 Å². The third kappa shape index (κ3) is 6.59. The number of hydrogen-bond donors (Lipinski definition) is 2. The Morgan fingerprint density at radius 3 is 2.56 bits per heavy atom. The summed E-state index contributed by atoms with van der Waals surface area (Å²) in [4.78, 5) is 5.47. The van der Waals surface area contributed by atoms with Crippen LogP contribution in [0.25, 0.3) is 0 Å². The highest BCUT2D eigenvalue weighted by Crippen LogP contribution is 2.17. The van der Waals surface area contributed by atoms with E-state index < -0.39 is 0 Å². The molecule has 5 heteroatoms. The summed E-state index contributed by atoms with van der Waals surface area (Å²) in [7, 11) is 0. The monoisotopic (exact) mass is 402 g/mol. The van der Waals surface area contributed by atoms with Crippen LogP contribution in [0, 0.1) is 13.8 Å². The highest BCUT2D eigenvalue weighted by Gasteiger charge is 2.16. The summed E-state index contributed by atoms with van der Waals surface area (Å²) in [6.07, 6.45) is 5.38. The molecular formula is C22H32N3S2+. The van der Waals surface area contributed by atoms with E-state index in [1.807, 2.05) is 11.3 Å². The first-order chi connectivity index (χ1) is 13.1. The van der Waals surface area contributed by atoms with Crippen LogP contribution in [-0.2, 0) is 6.54 Å². The van der Waals surface area contributed by atoms with Gasteiger partial charge in [0.2, 0.25) is 0 Å². The lowest BCUT2D eigenvalue weighted by molar-refractivity contribution is -0.905. The molecule has 3 rings (SSSR count). The number of thiophene rings is 1. The van der Waals surface area contributed by atoms with Crippen LogP contribution in [0.2, 0.25) is 0 Å². The van der Waals surface area contributed by atoms with Crippen LogP contribution in [0.4, 0.5) is 5.69 Å². The van der Waals surface area contributed by atoms with Gasteiger partial charge >= 0.3 is 0 Å². The third-order valence-electron chi connectivity index (χ3n) is 5.21. The van der Waals surface area contributed by atoms with Crippen LogP contribution in [0.5, 0.6) is 0 Å². The van der Waals surface area contributed by atoms with Crippen molar-refractivity contribution in [2.45, 2.75) is 46.1 Å². The molecule has 0 amide bonds. The summed E-state index contributed by atoms with van der Waals surface area (Å²) in [5.41, 5.74) is 3.62. The van der Waals surface area contributed by atoms with Crippen molar-refractivity contribution in [3.05, 3.63) is 51.7 Å². The summed E-state index contributed by atoms with van der Waals surface area (Å²) < 4.78 is 0. The molecule has 1 aromatic heterocycles. The molecule has 146 valence electrons. The number of nitrogens with one attached hydrogen (secondary N) is 2. The van der Waals surface area contributed by atoms with Gasteiger partial charge in [0.25, 0.3) is 0 Å². The van der Waals surface area contributed by atoms with Gasteiger partial charge in [-0.25, -0.2) is 0 Å². The van der Waals surface area contributed by atoms with Gasteiger partial charge in [-0.3, -0.25) is 0 Å². The van der Waals surface area contributed by atoms with Crippen molar-refractivity contribution < 1.29 is 4.90 Å². The zero-order valence-corrected chi connectivity index (χ0v) is 18.2. The zero-order chi connectivity index (χ0) is 19.1. The molecule has 0 bridgehead atoms. The van der Waals surface area contributed by atoms with E-state index in [-0.39, 0.29) is 0 Å². The average Bonchev–Trinajstić information content (AvgIpc) is 3.14. The van der Waals surface area contributed by atoms with Crippen LogP contribution < -0.4 is 10.2 Å². The predicted octanol–water partition coefficient (Wildman–Crippen LogP) is 4.02. The molecule has 1 aromatic carbocycles. The molecule has 0 atom stereocenters. The molecule has 1 aliphatic heterocycles. The number of anilines is 1. The fourth-order valence-corrected chi connectivity index (χ4v) is 4.91. The predicted molar refractivity (Wildman–Crippen MR) is 121 cm³/mol. The Bertz CT molecular complexity index is 701. The van der Waals surface area contributed by atoms with Crippen LogP contribution in [0.1, 0.15) is 41.7 Å². The quantitative estimate of drug-likeness (QED) is 0.683. The van der Waals surface area contributed by atoms with Gasteiger partial charge < -0.3 is 15.1 Å². The van der Waals surface area contributed by atoms with Crippen molar-refractivity contribution in [3.63, 3.8) is 0 Å². The molecule has 2 heterocycles. The lowest BCUT2D eigenvalue weighted by Crippen LogP contribution is -3.12. The van der Waals surface area contributed by atoms with Gasteiger partial charge in [0, 0.05) is 23.5 Å². The standard InChI is InChI=1S/C22H31N3S2/c1-18-14-19(2)16-20(15-18)23-22(26)25(17-21-8-6-13-27-21)12-7-11-24-9-4-3-5-10-24/h6,8,13-16H,3-5,7,9-12,17H2,1-2H3,(H,23,26)/p+1. The number of likely N-dealkylation sites (tertiary alicyclic amines) is 1. The number of rotatable bonds is 7. The molecule has 3 nitrogen and oxygen atoms in total. The third-order valence-corrected chi connectivity index (χ3v) is 6.43. The molecule has 0 spiro atoms. The second-order valence-corrected chi connectivity index (χ2v) is 9.14. The molecule has 0 saturated carbocycles. The van der Waals surface area contributed by atoms with Crippen LogP contribution in [0.3, 0.4) is 0 Å². The average molecular weight is 403 g/mol. The second kappa shape index (κ2) is 10.2. The molecule has 1 fully saturated rings. The minimum Gasteiger partial charge on any atom is -0.344 e. The van der Waals surface area contributed by atoms with Crippen molar-refractivity contribution in [2.75, 3.05) is 31.5 Å². The van der Waals surface area contributed by atoms with Crippen molar-refractivity contribution in [1.29, 1.82) is 0 Å². The molecule has 0 unspecified atom stereocenters. The highest BCUT2D eigenvalue weighted by molar-refractivity contribution is 7.80. The molecule has 0 radical (unpaired) electrons. The number of thiocarbonyl (C=S) groups is 1. The first-order valence-electron chi connectivity index (χ1n) is 10.1. The molecule has 27 heavy (non-hydrogen) atoms. The van der Waals surface area contributed by atoms with Crippen molar-refractivity contribution in [2.24, 2.45) is 0 Å². The minimum absolute atomic E-state index is 0.835. The summed E-state index contributed by atoms with van der Waals surface area (Å²) in [6, 6.07) is 10.9. The number of nitrogens with zero attached hydrogens (tertiary/aromatic N) is 1. The molecule has 1 saturated heterocycles. The Morgan fingerprint density at radius 2 is 1.89 bits per heavy atom. The lowest BCUT2D eigenvalue weighted by Gasteiger charge is -2.28. The maximum atomic E-state index is 5.80. The van der Waals surface area contributed by atoms with E-state index in [0.29, 0.717) is 0 Å². The highest BCUT2D eigenvalue weighted by atomic mass is 32.1. The second-order valence-electron chi connectivity index (χ2n) is 7.72. The first kappa shape index (κ1) is 20.3. The molecular weight excluding hydrogens is 370 g/mol. The van der Waals surface area contributed by atoms with Crippen LogP contribution >= 0.6 is 23.6 Å². The van der Waals surface area contributed by atoms with Gasteiger partial charge in [-0.15, -0.1) is 11.3 Å². The normalized spacial score (nSPS) is 14.9. The van der Waals surface area contributed by atoms with Gasteiger partial charge in [0.05, 0.1) is 26.2 Å². The summed E-state index contributed by atoms with van der Waals surface area (Å²) >= 11 is 7.61. The largest absolute Gasteiger partial charge is 0.344 e. The minimum atomic E-state index is 0.835. The SMILES string of the molecule is Cc1cc(C)cc(NC(=S)N(CCC[NH+]2CCCCC2)Cc2cccs2)c1. The zero-order valence-electron chi connectivity index (χ0n) is 16.6. The van der Waals surface area contributed by atoms with Crippen LogP contribution in [0.15, 0.2) is 35.7 Å². The lowest BCUT2D eigenvalue weighted by atomic mass is 10.1. The maximum absolute atomic E-state index is 5.80. The summed E-state index contributed by atoms with van der Waals surface area (Å²) in [5.74, 6) is 0. The number of aryl methyl sites for hydroxylation is 2. The van der Waals surface area contributed by atoms with Crippen molar-refractivity contribution >= 4 is 34.4 Å². The Balaban J connectivity index is 1.60. The number of hydrogen-bond acceptors (Lipinski definition) is 2. The molecule has 2 aromatic rings. The Hall–Kier alpha value is -1.43. The first-order valence-corrected chi connectivity index (χ1v) is 11.4. The summed E-state index contributed by atoms with van der Waals surface area (Å²) in [6.45, 7) is 10.1. The fourth-order valence-electron chi connectivity index (χ4n) is 3.91. The topological polar surface area (TPSA) is 19.7 Å². The summed E-state index contributed by atoms with van der Waals surface area (Å²) in [5, 5.41) is 6.46. The van der Waals surface area contributed by atoms with E-state index in [1.54, 1.807) is 4.90 Å². The van der Waals surface area contributed by atoms with E-state index >= 15 is 0 Å². The maximum Gasteiger partial charge on any atom is 0.173 e. The number of piperidine rings is 1. The van der Waals surface area contributed by atoms with Gasteiger partial charge in [0.15, 0.2) is 5.11 Å². The van der Waals surface area contributed by atoms with Gasteiger partial charge in [0.1, 0.15) is 0 Å². The van der Waals surface area contributed by atoms with Crippen LogP contribution in [-0.4, -0.2) is 36.2 Å². The van der Waals surface area contributed by atoms with Gasteiger partial charge in [-0.05, 0) is 80.0 Å². The Kier molecular flexibility index (Phi) is 7.68. The van der Waals surface area contributed by atoms with E-state index in [4.69, 9.17) is 12.2 Å². The molecule has 0 aliphatic carbocycles. The fraction of sp³-hybridized carbons (Fsp3) is 0.500.